The second-order valence-electron chi connectivity index (χ2n) is 7.95. The van der Waals surface area contributed by atoms with E-state index in [9.17, 15) is 9.59 Å². The summed E-state index contributed by atoms with van der Waals surface area (Å²) in [5, 5.41) is 0.999. The fourth-order valence-electron chi connectivity index (χ4n) is 5.70. The Hall–Kier alpha value is 0.540. The van der Waals surface area contributed by atoms with Gasteiger partial charge in [-0.3, -0.25) is 14.4 Å². The molecule has 0 aromatic carbocycles. The number of rotatable bonds is 4. The Bertz CT molecular complexity index is 776. The average Bonchev–Trinajstić information content (AvgIpc) is 3.34. The molecular formula is C17H15Cl6NO4. The van der Waals surface area contributed by atoms with Gasteiger partial charge >= 0.3 is 0 Å². The van der Waals surface area contributed by atoms with Crippen molar-refractivity contribution in [3.8, 4) is 0 Å². The summed E-state index contributed by atoms with van der Waals surface area (Å²) in [5.74, 6) is -3.47. The van der Waals surface area contributed by atoms with E-state index in [-0.39, 0.29) is 16.7 Å². The highest BCUT2D eigenvalue weighted by Gasteiger charge is 2.90. The molecule has 4 bridgehead atoms. The van der Waals surface area contributed by atoms with Crippen LogP contribution in [0, 0.1) is 23.7 Å². The van der Waals surface area contributed by atoms with Crippen LogP contribution in [0.2, 0.25) is 0 Å². The molecule has 0 aromatic heterocycles. The Morgan fingerprint density at radius 3 is 1.86 bits per heavy atom. The second kappa shape index (κ2) is 6.07. The quantitative estimate of drug-likeness (QED) is 0.324. The number of fused-ring (bicyclic) bond motifs is 12. The molecule has 3 heterocycles. The van der Waals surface area contributed by atoms with Crippen LogP contribution in [0.15, 0.2) is 10.1 Å². The molecule has 8 atom stereocenters. The van der Waals surface area contributed by atoms with Gasteiger partial charge in [0.15, 0.2) is 4.33 Å². The SMILES string of the molecule is CCCCON1C(=O)[C@@H]2[C@H]3O[C@@H]([C@@H]2C1=O)[C@H]1[C@H]3[C@@]2(Cl)C(Cl)=C(Cl)[C@@]1(Cl)C2(Cl)Cl. The normalized spacial score (nSPS) is 50.2. The number of allylic oxidation sites excluding steroid dienone is 2. The third kappa shape index (κ3) is 1.90. The number of hydroxylamine groups is 2. The fraction of sp³-hybridized carbons (Fsp3) is 0.765. The summed E-state index contributed by atoms with van der Waals surface area (Å²) in [6, 6.07) is 0. The van der Waals surface area contributed by atoms with Gasteiger partial charge in [0, 0.05) is 11.8 Å². The standard InChI is InChI=1S/C17H15Cl6NO4/c1-2-3-4-27-24-13(25)5-6(14(24)26)10-8-7(9(5)28-10)15(20)11(18)12(19)16(8,21)17(15,22)23/h5-10H,2-4H2,1H3/t5-,6+,7-,8-,9+,10-,15-,16-/m1/s1. The van der Waals surface area contributed by atoms with Crippen LogP contribution < -0.4 is 0 Å². The summed E-state index contributed by atoms with van der Waals surface area (Å²) in [5.41, 5.74) is 0. The third-order valence-electron chi connectivity index (χ3n) is 6.86. The van der Waals surface area contributed by atoms with E-state index in [2.05, 4.69) is 0 Å². The third-order valence-corrected chi connectivity index (χ3v) is 11.1. The Labute approximate surface area is 191 Å². The minimum atomic E-state index is -1.71. The van der Waals surface area contributed by atoms with Crippen molar-refractivity contribution in [2.24, 2.45) is 23.7 Å². The number of hydrogen-bond donors (Lipinski definition) is 0. The molecule has 154 valence electrons. The summed E-state index contributed by atoms with van der Waals surface area (Å²) in [7, 11) is 0. The van der Waals surface area contributed by atoms with Crippen molar-refractivity contribution in [2.75, 3.05) is 6.61 Å². The Balaban J connectivity index is 1.55. The lowest BCUT2D eigenvalue weighted by molar-refractivity contribution is -0.192. The maximum absolute atomic E-state index is 13.0. The summed E-state index contributed by atoms with van der Waals surface area (Å²) in [4.78, 5) is 28.3. The number of imide groups is 1. The van der Waals surface area contributed by atoms with Gasteiger partial charge in [-0.2, -0.15) is 5.06 Å². The molecule has 0 N–H and O–H groups in total. The van der Waals surface area contributed by atoms with Gasteiger partial charge in [-0.15, -0.1) is 23.2 Å². The van der Waals surface area contributed by atoms with E-state index in [0.717, 1.165) is 17.9 Å². The summed E-state index contributed by atoms with van der Waals surface area (Å²) < 4.78 is 4.35. The second-order valence-corrected chi connectivity index (χ2v) is 11.2. The largest absolute Gasteiger partial charge is 0.373 e. The number of ether oxygens (including phenoxy) is 1. The van der Waals surface area contributed by atoms with Crippen LogP contribution >= 0.6 is 69.6 Å². The highest BCUT2D eigenvalue weighted by Crippen LogP contribution is 2.81. The highest BCUT2D eigenvalue weighted by molar-refractivity contribution is 6.65. The molecule has 4 fully saturated rings. The molecule has 3 aliphatic heterocycles. The zero-order valence-electron chi connectivity index (χ0n) is 14.4. The maximum atomic E-state index is 13.0. The summed E-state index contributed by atoms with van der Waals surface area (Å²) >= 11 is 39.9. The smallest absolute Gasteiger partial charge is 0.260 e. The van der Waals surface area contributed by atoms with Crippen molar-refractivity contribution < 1.29 is 19.2 Å². The van der Waals surface area contributed by atoms with Crippen LogP contribution in [-0.4, -0.2) is 49.8 Å². The van der Waals surface area contributed by atoms with Crippen LogP contribution in [0.1, 0.15) is 19.8 Å². The number of hydrogen-bond acceptors (Lipinski definition) is 4. The van der Waals surface area contributed by atoms with Crippen molar-refractivity contribution in [3.05, 3.63) is 10.1 Å². The summed E-state index contributed by atoms with van der Waals surface area (Å²) in [6.07, 6.45) is 0.197. The average molecular weight is 510 g/mol. The minimum absolute atomic E-state index is 0.0672. The fourth-order valence-corrected chi connectivity index (χ4v) is 8.76. The van der Waals surface area contributed by atoms with Crippen molar-refractivity contribution in [3.63, 3.8) is 0 Å². The molecule has 2 aliphatic carbocycles. The molecule has 5 nitrogen and oxygen atoms in total. The number of carbonyl (C=O) groups is 2. The Morgan fingerprint density at radius 1 is 0.964 bits per heavy atom. The molecule has 11 heteroatoms. The summed E-state index contributed by atoms with van der Waals surface area (Å²) in [6.45, 7) is 2.27. The molecule has 3 saturated heterocycles. The van der Waals surface area contributed by atoms with Gasteiger partial charge in [0.2, 0.25) is 0 Å². The van der Waals surface area contributed by atoms with E-state index >= 15 is 0 Å². The zero-order chi connectivity index (χ0) is 20.4. The van der Waals surface area contributed by atoms with E-state index in [4.69, 9.17) is 79.2 Å². The van der Waals surface area contributed by atoms with Crippen LogP contribution in [0.5, 0.6) is 0 Å². The van der Waals surface area contributed by atoms with Gasteiger partial charge in [-0.1, -0.05) is 59.7 Å². The lowest BCUT2D eigenvalue weighted by Crippen LogP contribution is -2.50. The van der Waals surface area contributed by atoms with E-state index in [1.807, 2.05) is 6.92 Å². The number of unbranched alkanes of at least 4 members (excludes halogenated alkanes) is 1. The number of alkyl halides is 4. The lowest BCUT2D eigenvalue weighted by Gasteiger charge is -2.39. The van der Waals surface area contributed by atoms with Crippen LogP contribution in [0.4, 0.5) is 0 Å². The molecule has 1 saturated carbocycles. The van der Waals surface area contributed by atoms with Gasteiger partial charge in [-0.25, -0.2) is 0 Å². The molecule has 5 aliphatic rings. The monoisotopic (exact) mass is 507 g/mol. The number of nitrogens with zero attached hydrogens (tertiary/aromatic N) is 1. The predicted octanol–water partition coefficient (Wildman–Crippen LogP) is 4.18. The number of carbonyl (C=O) groups excluding carboxylic acids is 2. The van der Waals surface area contributed by atoms with Gasteiger partial charge in [0.05, 0.1) is 40.7 Å². The zero-order valence-corrected chi connectivity index (χ0v) is 19.0. The number of halogens is 6. The molecule has 28 heavy (non-hydrogen) atoms. The Morgan fingerprint density at radius 2 is 1.43 bits per heavy atom. The lowest BCUT2D eigenvalue weighted by atomic mass is 9.65. The van der Waals surface area contributed by atoms with Gasteiger partial charge in [0.25, 0.3) is 11.8 Å². The topological polar surface area (TPSA) is 55.8 Å². The van der Waals surface area contributed by atoms with Crippen LogP contribution in [0.3, 0.4) is 0 Å². The Kier molecular flexibility index (Phi) is 4.43. The van der Waals surface area contributed by atoms with Crippen LogP contribution in [0.25, 0.3) is 0 Å². The molecular weight excluding hydrogens is 495 g/mol. The number of amides is 2. The molecule has 0 radical (unpaired) electrons. The highest BCUT2D eigenvalue weighted by atomic mass is 35.5. The van der Waals surface area contributed by atoms with Crippen LogP contribution in [-0.2, 0) is 19.2 Å². The van der Waals surface area contributed by atoms with Crippen molar-refractivity contribution in [2.45, 2.75) is 46.1 Å². The van der Waals surface area contributed by atoms with E-state index in [1.165, 1.54) is 0 Å². The molecule has 2 amide bonds. The molecule has 0 unspecified atom stereocenters. The maximum Gasteiger partial charge on any atom is 0.260 e. The first-order chi connectivity index (χ1) is 13.1. The van der Waals surface area contributed by atoms with Crippen molar-refractivity contribution in [1.29, 1.82) is 0 Å². The van der Waals surface area contributed by atoms with E-state index < -0.39 is 61.8 Å². The first-order valence-electron chi connectivity index (χ1n) is 9.04. The first kappa shape index (κ1) is 20.4. The van der Waals surface area contributed by atoms with E-state index in [0.29, 0.717) is 0 Å². The molecule has 0 aromatic rings. The predicted molar refractivity (Wildman–Crippen MR) is 106 cm³/mol. The van der Waals surface area contributed by atoms with Gasteiger partial charge in [-0.05, 0) is 6.42 Å². The first-order valence-corrected chi connectivity index (χ1v) is 11.3. The van der Waals surface area contributed by atoms with E-state index in [1.54, 1.807) is 0 Å². The molecule has 5 rings (SSSR count). The molecule has 0 spiro atoms. The van der Waals surface area contributed by atoms with Crippen molar-refractivity contribution >= 4 is 81.4 Å². The minimum Gasteiger partial charge on any atom is -0.373 e. The van der Waals surface area contributed by atoms with Gasteiger partial charge in [0.1, 0.15) is 9.75 Å². The van der Waals surface area contributed by atoms with Crippen molar-refractivity contribution in [1.82, 2.24) is 5.06 Å². The van der Waals surface area contributed by atoms with Gasteiger partial charge < -0.3 is 4.74 Å².